The van der Waals surface area contributed by atoms with E-state index in [0.29, 0.717) is 24.0 Å². The zero-order chi connectivity index (χ0) is 17.1. The molecule has 0 saturated carbocycles. The Morgan fingerprint density at radius 2 is 1.92 bits per heavy atom. The summed E-state index contributed by atoms with van der Waals surface area (Å²) in [5.41, 5.74) is 2.26. The van der Waals surface area contributed by atoms with Gasteiger partial charge in [-0.25, -0.2) is 4.79 Å². The zero-order valence-electron chi connectivity index (χ0n) is 13.6. The number of carbonyl (C=O) groups excluding carboxylic acids is 1. The van der Waals surface area contributed by atoms with Crippen LogP contribution in [0.2, 0.25) is 0 Å². The van der Waals surface area contributed by atoms with Crippen molar-refractivity contribution >= 4 is 12.0 Å². The maximum Gasteiger partial charge on any atom is 0.337 e. The van der Waals surface area contributed by atoms with Gasteiger partial charge in [0, 0.05) is 6.54 Å². The Labute approximate surface area is 138 Å². The first kappa shape index (κ1) is 15.8. The largest absolute Gasteiger partial charge is 0.466 e. The Morgan fingerprint density at radius 3 is 2.54 bits per heavy atom. The molecule has 1 aromatic carbocycles. The second kappa shape index (κ2) is 6.57. The van der Waals surface area contributed by atoms with E-state index in [2.05, 4.69) is 20.3 Å². The number of aryl methyl sites for hydroxylation is 2. The number of benzene rings is 1. The summed E-state index contributed by atoms with van der Waals surface area (Å²) in [6, 6.07) is 9.26. The average Bonchev–Trinajstić information content (AvgIpc) is 3.18. The molecule has 0 atom stereocenters. The average molecular weight is 327 g/mol. The lowest BCUT2D eigenvalue weighted by Gasteiger charge is -2.03. The van der Waals surface area contributed by atoms with Crippen molar-refractivity contribution in [3.05, 3.63) is 53.0 Å². The van der Waals surface area contributed by atoms with E-state index in [9.17, 15) is 4.79 Å². The minimum atomic E-state index is -0.359. The second-order valence-corrected chi connectivity index (χ2v) is 5.28. The number of furan rings is 1. The number of ether oxygens (including phenoxy) is 1. The standard InChI is InChI=1S/C17H17N3O4/c1-10-8-14(11(2)23-10)15-19-20-17(24-15)18-9-12-4-6-13(7-5-12)16(21)22-3/h4-8H,9H2,1-3H3,(H,18,20). The fraction of sp³-hybridized carbons (Fsp3) is 0.235. The molecule has 3 aromatic rings. The van der Waals surface area contributed by atoms with Crippen molar-refractivity contribution in [3.8, 4) is 11.5 Å². The van der Waals surface area contributed by atoms with Crippen LogP contribution in [0.1, 0.15) is 27.4 Å². The Bertz CT molecular complexity index is 849. The SMILES string of the molecule is COC(=O)c1ccc(CNc2nnc(-c3cc(C)oc3C)o2)cc1. The van der Waals surface area contributed by atoms with E-state index < -0.39 is 0 Å². The molecule has 1 N–H and O–H groups in total. The Balaban J connectivity index is 1.65. The monoisotopic (exact) mass is 327 g/mol. The summed E-state index contributed by atoms with van der Waals surface area (Å²) < 4.78 is 15.7. The lowest BCUT2D eigenvalue weighted by Crippen LogP contribution is -2.03. The van der Waals surface area contributed by atoms with Crippen LogP contribution in [-0.2, 0) is 11.3 Å². The molecule has 0 aliphatic heterocycles. The number of hydrogen-bond donors (Lipinski definition) is 1. The van der Waals surface area contributed by atoms with Gasteiger partial charge < -0.3 is 18.9 Å². The molecule has 2 aromatic heterocycles. The molecule has 124 valence electrons. The molecule has 0 bridgehead atoms. The first-order chi connectivity index (χ1) is 11.6. The van der Waals surface area contributed by atoms with Gasteiger partial charge in [0.25, 0.3) is 5.89 Å². The van der Waals surface area contributed by atoms with Crippen LogP contribution in [0.5, 0.6) is 0 Å². The summed E-state index contributed by atoms with van der Waals surface area (Å²) in [6.07, 6.45) is 0. The van der Waals surface area contributed by atoms with E-state index in [-0.39, 0.29) is 5.97 Å². The quantitative estimate of drug-likeness (QED) is 0.719. The number of hydrogen-bond acceptors (Lipinski definition) is 7. The van der Waals surface area contributed by atoms with Gasteiger partial charge in [-0.05, 0) is 37.6 Å². The summed E-state index contributed by atoms with van der Waals surface area (Å²) >= 11 is 0. The zero-order valence-corrected chi connectivity index (χ0v) is 13.6. The summed E-state index contributed by atoms with van der Waals surface area (Å²) in [5.74, 6) is 1.58. The van der Waals surface area contributed by atoms with Crippen LogP contribution in [0, 0.1) is 13.8 Å². The van der Waals surface area contributed by atoms with Gasteiger partial charge in [-0.1, -0.05) is 17.2 Å². The molecular formula is C17H17N3O4. The van der Waals surface area contributed by atoms with Gasteiger partial charge >= 0.3 is 12.0 Å². The maximum atomic E-state index is 11.4. The first-order valence-electron chi connectivity index (χ1n) is 7.39. The Kier molecular flexibility index (Phi) is 4.33. The molecular weight excluding hydrogens is 310 g/mol. The van der Waals surface area contributed by atoms with Crippen molar-refractivity contribution in [1.29, 1.82) is 0 Å². The molecule has 0 aliphatic rings. The minimum Gasteiger partial charge on any atom is -0.466 e. The van der Waals surface area contributed by atoms with E-state index in [1.807, 2.05) is 32.0 Å². The van der Waals surface area contributed by atoms with Crippen molar-refractivity contribution in [3.63, 3.8) is 0 Å². The molecule has 0 amide bonds. The first-order valence-corrected chi connectivity index (χ1v) is 7.39. The van der Waals surface area contributed by atoms with Gasteiger partial charge in [0.15, 0.2) is 0 Å². The normalized spacial score (nSPS) is 10.6. The van der Waals surface area contributed by atoms with Crippen molar-refractivity contribution in [2.75, 3.05) is 12.4 Å². The number of esters is 1. The van der Waals surface area contributed by atoms with E-state index in [0.717, 1.165) is 22.6 Å². The lowest BCUT2D eigenvalue weighted by molar-refractivity contribution is 0.0600. The molecule has 24 heavy (non-hydrogen) atoms. The van der Waals surface area contributed by atoms with E-state index in [4.69, 9.17) is 8.83 Å². The predicted molar refractivity (Wildman–Crippen MR) is 86.6 cm³/mol. The maximum absolute atomic E-state index is 11.4. The van der Waals surface area contributed by atoms with E-state index in [1.165, 1.54) is 7.11 Å². The summed E-state index contributed by atoms with van der Waals surface area (Å²) in [4.78, 5) is 11.4. The van der Waals surface area contributed by atoms with Crippen molar-refractivity contribution in [2.45, 2.75) is 20.4 Å². The molecule has 0 spiro atoms. The minimum absolute atomic E-state index is 0.320. The van der Waals surface area contributed by atoms with Gasteiger partial charge in [-0.3, -0.25) is 0 Å². The predicted octanol–water partition coefficient (Wildman–Crippen LogP) is 3.35. The number of methoxy groups -OCH3 is 1. The number of nitrogens with zero attached hydrogens (tertiary/aromatic N) is 2. The number of rotatable bonds is 5. The third kappa shape index (κ3) is 3.29. The van der Waals surface area contributed by atoms with Crippen molar-refractivity contribution in [1.82, 2.24) is 10.2 Å². The van der Waals surface area contributed by atoms with E-state index in [1.54, 1.807) is 12.1 Å². The number of anilines is 1. The molecule has 0 unspecified atom stereocenters. The van der Waals surface area contributed by atoms with E-state index >= 15 is 0 Å². The third-order valence-corrected chi connectivity index (χ3v) is 3.52. The number of nitrogens with one attached hydrogen (secondary N) is 1. The van der Waals surface area contributed by atoms with Crippen LogP contribution in [0.3, 0.4) is 0 Å². The fourth-order valence-corrected chi connectivity index (χ4v) is 2.30. The fourth-order valence-electron chi connectivity index (χ4n) is 2.30. The highest BCUT2D eigenvalue weighted by molar-refractivity contribution is 5.89. The van der Waals surface area contributed by atoms with Crippen LogP contribution in [0.4, 0.5) is 6.01 Å². The Morgan fingerprint density at radius 1 is 1.17 bits per heavy atom. The highest BCUT2D eigenvalue weighted by Crippen LogP contribution is 2.26. The molecule has 0 fully saturated rings. The summed E-state index contributed by atoms with van der Waals surface area (Å²) in [5, 5.41) is 11.0. The summed E-state index contributed by atoms with van der Waals surface area (Å²) in [6.45, 7) is 4.21. The topological polar surface area (TPSA) is 90.4 Å². The van der Waals surface area contributed by atoms with Gasteiger partial charge in [-0.2, -0.15) is 0 Å². The summed E-state index contributed by atoms with van der Waals surface area (Å²) in [7, 11) is 1.36. The van der Waals surface area contributed by atoms with Crippen LogP contribution in [0.15, 0.2) is 39.2 Å². The smallest absolute Gasteiger partial charge is 0.337 e. The number of carbonyl (C=O) groups is 1. The van der Waals surface area contributed by atoms with Crippen molar-refractivity contribution < 1.29 is 18.4 Å². The van der Waals surface area contributed by atoms with Crippen LogP contribution >= 0.6 is 0 Å². The van der Waals surface area contributed by atoms with Gasteiger partial charge in [-0.15, -0.1) is 5.10 Å². The molecule has 0 saturated heterocycles. The van der Waals surface area contributed by atoms with Crippen LogP contribution in [-0.4, -0.2) is 23.3 Å². The highest BCUT2D eigenvalue weighted by Gasteiger charge is 2.14. The third-order valence-electron chi connectivity index (χ3n) is 3.52. The lowest BCUT2D eigenvalue weighted by atomic mass is 10.1. The van der Waals surface area contributed by atoms with Gasteiger partial charge in [0.1, 0.15) is 11.5 Å². The van der Waals surface area contributed by atoms with Crippen molar-refractivity contribution in [2.24, 2.45) is 0 Å². The van der Waals surface area contributed by atoms with Crippen LogP contribution in [0.25, 0.3) is 11.5 Å². The highest BCUT2D eigenvalue weighted by atomic mass is 16.5. The molecule has 7 heteroatoms. The molecule has 0 aliphatic carbocycles. The molecule has 0 radical (unpaired) electrons. The van der Waals surface area contributed by atoms with Crippen LogP contribution < -0.4 is 5.32 Å². The van der Waals surface area contributed by atoms with Gasteiger partial charge in [0.2, 0.25) is 0 Å². The molecule has 7 nitrogen and oxygen atoms in total. The van der Waals surface area contributed by atoms with Gasteiger partial charge in [0.05, 0.1) is 18.2 Å². The second-order valence-electron chi connectivity index (χ2n) is 5.28. The molecule has 3 rings (SSSR count). The number of aromatic nitrogens is 2. The Hall–Kier alpha value is -3.09. The molecule has 2 heterocycles.